The van der Waals surface area contributed by atoms with E-state index in [0.717, 1.165) is 46.8 Å². The molecule has 112 valence electrons. The molecule has 0 saturated heterocycles. The lowest BCUT2D eigenvalue weighted by molar-refractivity contribution is -0.111. The summed E-state index contributed by atoms with van der Waals surface area (Å²) in [7, 11) is 0. The zero-order valence-corrected chi connectivity index (χ0v) is 13.8. The standard InChI is InChI=1S/C18H18N2OS/c1-12-11-22-17(19-12)7-5-13-4-6-14-15(10-21)18(2,3)9-8-16(14)20-13/h4,6,10-11,15H,8-9H2,1-3H3. The number of nitrogens with zero attached hydrogens (tertiary/aromatic N) is 2. The molecule has 0 N–H and O–H groups in total. The van der Waals surface area contributed by atoms with Gasteiger partial charge in [-0.15, -0.1) is 11.3 Å². The van der Waals surface area contributed by atoms with E-state index in [2.05, 4.69) is 35.7 Å². The summed E-state index contributed by atoms with van der Waals surface area (Å²) in [4.78, 5) is 20.4. The fourth-order valence-corrected chi connectivity index (χ4v) is 3.51. The SMILES string of the molecule is Cc1csc(C#Cc2ccc3c(n2)CCC(C)(C)C3C=O)n1. The van der Waals surface area contributed by atoms with Crippen molar-refractivity contribution in [2.75, 3.05) is 0 Å². The van der Waals surface area contributed by atoms with E-state index in [1.165, 1.54) is 0 Å². The summed E-state index contributed by atoms with van der Waals surface area (Å²) in [6.45, 7) is 6.25. The van der Waals surface area contributed by atoms with Gasteiger partial charge >= 0.3 is 0 Å². The molecule has 1 atom stereocenters. The lowest BCUT2D eigenvalue weighted by Gasteiger charge is -2.36. The number of aryl methyl sites for hydroxylation is 2. The van der Waals surface area contributed by atoms with E-state index < -0.39 is 0 Å². The molecular weight excluding hydrogens is 292 g/mol. The Kier molecular flexibility index (Phi) is 3.84. The van der Waals surface area contributed by atoms with Crippen LogP contribution in [0.2, 0.25) is 0 Å². The first kappa shape index (κ1) is 14.9. The largest absolute Gasteiger partial charge is 0.303 e. The van der Waals surface area contributed by atoms with Crippen LogP contribution < -0.4 is 0 Å². The van der Waals surface area contributed by atoms with Crippen molar-refractivity contribution < 1.29 is 4.79 Å². The van der Waals surface area contributed by atoms with Crippen LogP contribution in [0.5, 0.6) is 0 Å². The maximum absolute atomic E-state index is 11.5. The van der Waals surface area contributed by atoms with Gasteiger partial charge in [-0.05, 0) is 48.7 Å². The summed E-state index contributed by atoms with van der Waals surface area (Å²) in [5.41, 5.74) is 3.81. The Labute approximate surface area is 134 Å². The first-order chi connectivity index (χ1) is 10.5. The zero-order valence-electron chi connectivity index (χ0n) is 13.0. The molecule has 2 aromatic heterocycles. The lowest BCUT2D eigenvalue weighted by atomic mass is 9.68. The van der Waals surface area contributed by atoms with Crippen molar-refractivity contribution in [2.24, 2.45) is 5.41 Å². The number of thiazole rings is 1. The predicted octanol–water partition coefficient (Wildman–Crippen LogP) is 3.50. The fourth-order valence-electron chi connectivity index (χ4n) is 2.87. The maximum Gasteiger partial charge on any atom is 0.167 e. The van der Waals surface area contributed by atoms with Crippen molar-refractivity contribution in [3.8, 4) is 11.8 Å². The van der Waals surface area contributed by atoms with Gasteiger partial charge in [-0.25, -0.2) is 9.97 Å². The number of aldehydes is 1. The molecule has 1 aliphatic rings. The minimum atomic E-state index is -0.0765. The number of rotatable bonds is 1. The van der Waals surface area contributed by atoms with Crippen LogP contribution >= 0.6 is 11.3 Å². The monoisotopic (exact) mass is 310 g/mol. The van der Waals surface area contributed by atoms with Gasteiger partial charge in [0.25, 0.3) is 0 Å². The van der Waals surface area contributed by atoms with Crippen LogP contribution in [-0.2, 0) is 11.2 Å². The molecule has 4 heteroatoms. The Morgan fingerprint density at radius 1 is 1.32 bits per heavy atom. The van der Waals surface area contributed by atoms with E-state index in [-0.39, 0.29) is 11.3 Å². The molecule has 0 saturated carbocycles. The van der Waals surface area contributed by atoms with Crippen LogP contribution in [0.1, 0.15) is 53.8 Å². The van der Waals surface area contributed by atoms with Crippen LogP contribution in [0.15, 0.2) is 17.5 Å². The highest BCUT2D eigenvalue weighted by Gasteiger charge is 2.36. The molecule has 0 aliphatic heterocycles. The molecule has 0 fully saturated rings. The molecule has 2 aromatic rings. The molecule has 1 unspecified atom stereocenters. The Morgan fingerprint density at radius 3 is 2.82 bits per heavy atom. The van der Waals surface area contributed by atoms with Crippen LogP contribution in [0.3, 0.4) is 0 Å². The average molecular weight is 310 g/mol. The van der Waals surface area contributed by atoms with Gasteiger partial charge in [-0.2, -0.15) is 0 Å². The number of fused-ring (bicyclic) bond motifs is 1. The third-order valence-electron chi connectivity index (χ3n) is 4.25. The highest BCUT2D eigenvalue weighted by Crippen LogP contribution is 2.43. The van der Waals surface area contributed by atoms with Gasteiger partial charge in [0, 0.05) is 22.7 Å². The molecule has 0 bridgehead atoms. The van der Waals surface area contributed by atoms with Crippen LogP contribution in [0.4, 0.5) is 0 Å². The van der Waals surface area contributed by atoms with Gasteiger partial charge in [-0.3, -0.25) is 0 Å². The van der Waals surface area contributed by atoms with Crippen LogP contribution in [-0.4, -0.2) is 16.3 Å². The van der Waals surface area contributed by atoms with Crippen molar-refractivity contribution in [2.45, 2.75) is 39.5 Å². The van der Waals surface area contributed by atoms with E-state index in [1.54, 1.807) is 11.3 Å². The van der Waals surface area contributed by atoms with Gasteiger partial charge in [0.05, 0.1) is 0 Å². The number of carbonyl (C=O) groups excluding carboxylic acids is 1. The second-order valence-corrected chi connectivity index (χ2v) is 7.24. The Morgan fingerprint density at radius 2 is 2.14 bits per heavy atom. The quantitative estimate of drug-likeness (QED) is 0.598. The van der Waals surface area contributed by atoms with Gasteiger partial charge in [0.1, 0.15) is 12.0 Å². The van der Waals surface area contributed by atoms with Crippen molar-refractivity contribution >= 4 is 17.6 Å². The minimum Gasteiger partial charge on any atom is -0.303 e. The van der Waals surface area contributed by atoms with Crippen molar-refractivity contribution in [1.82, 2.24) is 9.97 Å². The highest BCUT2D eigenvalue weighted by molar-refractivity contribution is 7.10. The Bertz CT molecular complexity index is 780. The molecule has 0 radical (unpaired) electrons. The van der Waals surface area contributed by atoms with Crippen molar-refractivity contribution in [3.63, 3.8) is 0 Å². The van der Waals surface area contributed by atoms with E-state index in [4.69, 9.17) is 0 Å². The summed E-state index contributed by atoms with van der Waals surface area (Å²) in [6.07, 6.45) is 2.93. The van der Waals surface area contributed by atoms with Gasteiger partial charge in [-0.1, -0.05) is 19.9 Å². The number of aromatic nitrogens is 2. The summed E-state index contributed by atoms with van der Waals surface area (Å²) in [5, 5.41) is 2.80. The van der Waals surface area contributed by atoms with Crippen LogP contribution in [0.25, 0.3) is 0 Å². The summed E-state index contributed by atoms with van der Waals surface area (Å²) >= 11 is 1.54. The van der Waals surface area contributed by atoms with E-state index in [9.17, 15) is 4.79 Å². The van der Waals surface area contributed by atoms with E-state index in [0.29, 0.717) is 0 Å². The summed E-state index contributed by atoms with van der Waals surface area (Å²) in [5.74, 6) is 6.06. The van der Waals surface area contributed by atoms with E-state index in [1.807, 2.05) is 24.4 Å². The van der Waals surface area contributed by atoms with E-state index >= 15 is 0 Å². The highest BCUT2D eigenvalue weighted by atomic mass is 32.1. The zero-order chi connectivity index (χ0) is 15.7. The smallest absolute Gasteiger partial charge is 0.167 e. The van der Waals surface area contributed by atoms with Crippen molar-refractivity contribution in [3.05, 3.63) is 45.2 Å². The molecule has 1 aliphatic carbocycles. The van der Waals surface area contributed by atoms with Crippen LogP contribution in [0, 0.1) is 24.2 Å². The maximum atomic E-state index is 11.5. The third-order valence-corrected chi connectivity index (χ3v) is 5.12. The van der Waals surface area contributed by atoms with Crippen molar-refractivity contribution in [1.29, 1.82) is 0 Å². The second-order valence-electron chi connectivity index (χ2n) is 6.38. The topological polar surface area (TPSA) is 42.9 Å². The Balaban J connectivity index is 1.92. The minimum absolute atomic E-state index is 0.00202. The summed E-state index contributed by atoms with van der Waals surface area (Å²) < 4.78 is 0. The predicted molar refractivity (Wildman–Crippen MR) is 88.0 cm³/mol. The van der Waals surface area contributed by atoms with Gasteiger partial charge < -0.3 is 4.79 Å². The first-order valence-corrected chi connectivity index (χ1v) is 8.27. The third kappa shape index (κ3) is 2.82. The molecule has 3 nitrogen and oxygen atoms in total. The number of carbonyl (C=O) groups is 1. The number of hydrogen-bond acceptors (Lipinski definition) is 4. The molecule has 22 heavy (non-hydrogen) atoms. The molecular formula is C18H18N2OS. The fraction of sp³-hybridized carbons (Fsp3) is 0.389. The molecule has 2 heterocycles. The summed E-state index contributed by atoms with van der Waals surface area (Å²) in [6, 6.07) is 3.92. The number of pyridine rings is 1. The first-order valence-electron chi connectivity index (χ1n) is 7.39. The Hall–Kier alpha value is -1.99. The lowest BCUT2D eigenvalue weighted by Crippen LogP contribution is -2.30. The molecule has 0 aromatic carbocycles. The van der Waals surface area contributed by atoms with Gasteiger partial charge in [0.2, 0.25) is 0 Å². The average Bonchev–Trinajstić information content (AvgIpc) is 2.90. The normalized spacial score (nSPS) is 19.0. The molecule has 3 rings (SSSR count). The van der Waals surface area contributed by atoms with Gasteiger partial charge in [0.15, 0.2) is 5.01 Å². The number of hydrogen-bond donors (Lipinski definition) is 0. The second kappa shape index (κ2) is 5.66. The molecule has 0 amide bonds. The molecule has 0 spiro atoms.